The average Bonchev–Trinajstić information content (AvgIpc) is 3.21. The molecule has 0 aromatic heterocycles. The van der Waals surface area contributed by atoms with Crippen molar-refractivity contribution in [2.75, 3.05) is 14.2 Å². The minimum Gasteiger partial charge on any atom is -0.381 e. The van der Waals surface area contributed by atoms with Crippen molar-refractivity contribution < 1.29 is 9.57 Å². The summed E-state index contributed by atoms with van der Waals surface area (Å²) < 4.78 is 5.65. The first-order valence-electron chi connectivity index (χ1n) is 11.0. The van der Waals surface area contributed by atoms with Crippen LogP contribution in [0.1, 0.15) is 47.9 Å². The van der Waals surface area contributed by atoms with Crippen molar-refractivity contribution in [1.82, 2.24) is 5.06 Å². The Bertz CT molecular complexity index is 950. The zero-order chi connectivity index (χ0) is 20.8. The third-order valence-electron chi connectivity index (χ3n) is 7.42. The van der Waals surface area contributed by atoms with Gasteiger partial charge in [0, 0.05) is 25.1 Å². The van der Waals surface area contributed by atoms with Gasteiger partial charge in [-0.3, -0.25) is 0 Å². The van der Waals surface area contributed by atoms with Gasteiger partial charge in [0.2, 0.25) is 11.7 Å². The summed E-state index contributed by atoms with van der Waals surface area (Å²) in [5.74, 6) is 0.464. The van der Waals surface area contributed by atoms with Gasteiger partial charge in [0.25, 0.3) is 0 Å². The Labute approximate surface area is 178 Å². The predicted octanol–water partition coefficient (Wildman–Crippen LogP) is 3.95. The number of nitrogens with zero attached hydrogens (tertiary/aromatic N) is 2. The molecule has 5 rings (SSSR count). The van der Waals surface area contributed by atoms with Crippen LogP contribution in [-0.2, 0) is 34.6 Å². The van der Waals surface area contributed by atoms with Crippen LogP contribution in [0.3, 0.4) is 0 Å². The molecule has 5 heteroatoms. The van der Waals surface area contributed by atoms with Crippen LogP contribution in [0.25, 0.3) is 0 Å². The van der Waals surface area contributed by atoms with Crippen molar-refractivity contribution in [3.8, 4) is 0 Å². The smallest absolute Gasteiger partial charge is 0.220 e. The van der Waals surface area contributed by atoms with E-state index in [1.807, 2.05) is 14.2 Å². The molecule has 1 saturated carbocycles. The molecule has 1 aliphatic heterocycles. The number of rotatable bonds is 4. The van der Waals surface area contributed by atoms with Gasteiger partial charge in [0.05, 0.1) is 6.10 Å². The molecule has 2 aliphatic carbocycles. The quantitative estimate of drug-likeness (QED) is 0.837. The van der Waals surface area contributed by atoms with E-state index >= 15 is 0 Å². The summed E-state index contributed by atoms with van der Waals surface area (Å²) in [5, 5.41) is 1.65. The fraction of sp³-hybridized carbons (Fsp3) is 0.480. The Hall–Kier alpha value is -2.37. The summed E-state index contributed by atoms with van der Waals surface area (Å²) in [6.07, 6.45) is 7.49. The van der Waals surface area contributed by atoms with Crippen LogP contribution in [0.2, 0.25) is 0 Å². The monoisotopic (exact) mass is 405 g/mol. The molecule has 0 radical (unpaired) electrons. The first-order valence-corrected chi connectivity index (χ1v) is 11.0. The molecular formula is C25H31N3O2. The maximum Gasteiger partial charge on any atom is 0.220 e. The van der Waals surface area contributed by atoms with Crippen LogP contribution in [-0.4, -0.2) is 31.3 Å². The van der Waals surface area contributed by atoms with E-state index in [0.29, 0.717) is 12.1 Å². The molecule has 5 nitrogen and oxygen atoms in total. The van der Waals surface area contributed by atoms with Crippen LogP contribution in [0, 0.1) is 5.41 Å². The van der Waals surface area contributed by atoms with E-state index in [4.69, 9.17) is 20.3 Å². The Morgan fingerprint density at radius 2 is 1.83 bits per heavy atom. The zero-order valence-corrected chi connectivity index (χ0v) is 17.9. The van der Waals surface area contributed by atoms with Gasteiger partial charge in [0.15, 0.2) is 0 Å². The number of hydrogen-bond donors (Lipinski definition) is 1. The maximum absolute atomic E-state index is 6.49. The summed E-state index contributed by atoms with van der Waals surface area (Å²) in [7, 11) is 3.68. The number of guanidine groups is 1. The van der Waals surface area contributed by atoms with Gasteiger partial charge in [-0.05, 0) is 61.6 Å². The van der Waals surface area contributed by atoms with E-state index in [-0.39, 0.29) is 5.41 Å². The molecule has 1 heterocycles. The van der Waals surface area contributed by atoms with Gasteiger partial charge in [-0.15, -0.1) is 0 Å². The van der Waals surface area contributed by atoms with Gasteiger partial charge >= 0.3 is 0 Å². The van der Waals surface area contributed by atoms with Gasteiger partial charge in [0.1, 0.15) is 0 Å². The lowest BCUT2D eigenvalue weighted by Gasteiger charge is -2.45. The van der Waals surface area contributed by atoms with Crippen molar-refractivity contribution >= 4 is 5.96 Å². The first-order chi connectivity index (χ1) is 14.6. The Morgan fingerprint density at radius 3 is 2.50 bits per heavy atom. The summed E-state index contributed by atoms with van der Waals surface area (Å²) in [6.45, 7) is 0. The van der Waals surface area contributed by atoms with Crippen LogP contribution < -0.4 is 5.73 Å². The lowest BCUT2D eigenvalue weighted by molar-refractivity contribution is -0.232. The number of benzene rings is 2. The van der Waals surface area contributed by atoms with Gasteiger partial charge < -0.3 is 10.5 Å². The number of hydrogen-bond acceptors (Lipinski definition) is 5. The number of methoxy groups -OCH3 is 1. The number of aliphatic imine (C=N–C) groups is 1. The SMILES string of the molecule is CO[C@H]1CC[C@@]2(CC1)Cc1ccc(CCc3ccccc3)cc1C21N=C(N)N(C)O1. The molecule has 0 amide bonds. The van der Waals surface area contributed by atoms with Gasteiger partial charge in [-0.25, -0.2) is 14.9 Å². The highest BCUT2D eigenvalue weighted by Crippen LogP contribution is 2.61. The fourth-order valence-electron chi connectivity index (χ4n) is 5.67. The molecule has 2 aromatic rings. The van der Waals surface area contributed by atoms with Crippen LogP contribution in [0.4, 0.5) is 0 Å². The molecule has 3 aliphatic rings. The summed E-state index contributed by atoms with van der Waals surface area (Å²) in [4.78, 5) is 11.5. The van der Waals surface area contributed by atoms with Crippen molar-refractivity contribution in [3.63, 3.8) is 0 Å². The average molecular weight is 406 g/mol. The number of nitrogens with two attached hydrogens (primary N) is 1. The number of ether oxygens (including phenoxy) is 1. The topological polar surface area (TPSA) is 60.1 Å². The predicted molar refractivity (Wildman–Crippen MR) is 118 cm³/mol. The van der Waals surface area contributed by atoms with Crippen LogP contribution in [0.5, 0.6) is 0 Å². The molecule has 1 unspecified atom stereocenters. The molecular weight excluding hydrogens is 374 g/mol. The van der Waals surface area contributed by atoms with E-state index in [1.54, 1.807) is 5.06 Å². The Morgan fingerprint density at radius 1 is 1.10 bits per heavy atom. The molecule has 158 valence electrons. The largest absolute Gasteiger partial charge is 0.381 e. The molecule has 2 N–H and O–H groups in total. The van der Waals surface area contributed by atoms with E-state index in [1.165, 1.54) is 22.3 Å². The molecule has 0 bridgehead atoms. The van der Waals surface area contributed by atoms with Gasteiger partial charge in [-0.1, -0.05) is 48.5 Å². The highest BCUT2D eigenvalue weighted by atomic mass is 16.7. The van der Waals surface area contributed by atoms with E-state index in [0.717, 1.165) is 44.9 Å². The lowest BCUT2D eigenvalue weighted by atomic mass is 9.66. The number of hydroxylamine groups is 2. The third kappa shape index (κ3) is 3.03. The summed E-state index contributed by atoms with van der Waals surface area (Å²) in [5.41, 5.74) is 10.7. The van der Waals surface area contributed by atoms with Crippen LogP contribution >= 0.6 is 0 Å². The second kappa shape index (κ2) is 7.40. The molecule has 30 heavy (non-hydrogen) atoms. The zero-order valence-electron chi connectivity index (χ0n) is 17.9. The highest BCUT2D eigenvalue weighted by molar-refractivity contribution is 5.79. The highest BCUT2D eigenvalue weighted by Gasteiger charge is 2.63. The Balaban J connectivity index is 1.48. The lowest BCUT2D eigenvalue weighted by Crippen LogP contribution is -2.46. The summed E-state index contributed by atoms with van der Waals surface area (Å²) in [6, 6.07) is 17.6. The molecule has 0 saturated heterocycles. The third-order valence-corrected chi connectivity index (χ3v) is 7.42. The number of fused-ring (bicyclic) bond motifs is 3. The normalized spacial score (nSPS) is 30.1. The van der Waals surface area contributed by atoms with E-state index < -0.39 is 5.72 Å². The van der Waals surface area contributed by atoms with Crippen molar-refractivity contribution in [1.29, 1.82) is 0 Å². The minimum atomic E-state index is -0.706. The van der Waals surface area contributed by atoms with E-state index in [2.05, 4.69) is 48.5 Å². The second-order valence-electron chi connectivity index (χ2n) is 9.07. The van der Waals surface area contributed by atoms with E-state index in [9.17, 15) is 0 Å². The fourth-order valence-corrected chi connectivity index (χ4v) is 5.67. The maximum atomic E-state index is 6.49. The molecule has 1 atom stereocenters. The molecule has 2 spiro atoms. The second-order valence-corrected chi connectivity index (χ2v) is 9.07. The Kier molecular flexibility index (Phi) is 4.83. The molecule has 1 fully saturated rings. The van der Waals surface area contributed by atoms with Crippen molar-refractivity contribution in [2.45, 2.75) is 56.8 Å². The minimum absolute atomic E-state index is 0.0577. The molecule has 2 aromatic carbocycles. The van der Waals surface area contributed by atoms with Crippen LogP contribution in [0.15, 0.2) is 53.5 Å². The first kappa shape index (κ1) is 19.6. The van der Waals surface area contributed by atoms with Crippen molar-refractivity contribution in [2.24, 2.45) is 16.1 Å². The summed E-state index contributed by atoms with van der Waals surface area (Å²) >= 11 is 0. The number of aryl methyl sites for hydroxylation is 2. The van der Waals surface area contributed by atoms with Gasteiger partial charge in [-0.2, -0.15) is 0 Å². The van der Waals surface area contributed by atoms with Crippen molar-refractivity contribution in [3.05, 3.63) is 70.8 Å². The standard InChI is InChI=1S/C25H31N3O2/c1-28-23(26)27-25(30-28)22-16-19(9-8-18-6-4-3-5-7-18)10-11-20(22)17-24(25)14-12-21(29-2)13-15-24/h3-7,10-11,16,21H,8-9,12-15,17H2,1-2H3,(H2,26,27)/t21-,24+,25?.